The summed E-state index contributed by atoms with van der Waals surface area (Å²) >= 11 is 0. The molecule has 0 unspecified atom stereocenters. The number of rotatable bonds is 3. The zero-order valence-corrected chi connectivity index (χ0v) is 17.4. The van der Waals surface area contributed by atoms with Gasteiger partial charge in [0.25, 0.3) is 0 Å². The number of hydrogen-bond acceptors (Lipinski definition) is 4. The topological polar surface area (TPSA) is 53.1 Å². The third-order valence-corrected chi connectivity index (χ3v) is 5.35. The van der Waals surface area contributed by atoms with Gasteiger partial charge in [-0.1, -0.05) is 30.3 Å². The van der Waals surface area contributed by atoms with Gasteiger partial charge in [0.05, 0.1) is 0 Å². The standard InChI is InChI=1S/C22H33N3O3/c1-22(2,3)28-21(27)25-12-8-7-11-19(25)20(26)24-15-13-23(14-16-24)17-18-9-5-4-6-10-18/h4-6,9-10,19H,7-8,11-17H2,1-3H3/t19-/m0/s1. The number of benzene rings is 1. The Morgan fingerprint density at radius 2 is 1.68 bits per heavy atom. The lowest BCUT2D eigenvalue weighted by Crippen LogP contribution is -2.57. The van der Waals surface area contributed by atoms with Crippen LogP contribution < -0.4 is 0 Å². The van der Waals surface area contributed by atoms with Gasteiger partial charge < -0.3 is 9.64 Å². The Kier molecular flexibility index (Phi) is 6.60. The molecule has 0 aliphatic carbocycles. The van der Waals surface area contributed by atoms with Gasteiger partial charge in [-0.2, -0.15) is 0 Å². The quantitative estimate of drug-likeness (QED) is 0.800. The summed E-state index contributed by atoms with van der Waals surface area (Å²) in [6.45, 7) is 10.2. The molecule has 6 nitrogen and oxygen atoms in total. The van der Waals surface area contributed by atoms with Crippen molar-refractivity contribution in [1.82, 2.24) is 14.7 Å². The number of hydrogen-bond donors (Lipinski definition) is 0. The highest BCUT2D eigenvalue weighted by molar-refractivity contribution is 5.86. The van der Waals surface area contributed by atoms with Crippen LogP contribution in [0, 0.1) is 0 Å². The Labute approximate surface area is 168 Å². The van der Waals surface area contributed by atoms with E-state index in [2.05, 4.69) is 29.2 Å². The molecule has 6 heteroatoms. The molecule has 0 N–H and O–H groups in total. The van der Waals surface area contributed by atoms with Gasteiger partial charge in [-0.25, -0.2) is 4.79 Å². The highest BCUT2D eigenvalue weighted by atomic mass is 16.6. The molecule has 1 aromatic rings. The predicted octanol–water partition coefficient (Wildman–Crippen LogP) is 3.12. The summed E-state index contributed by atoms with van der Waals surface area (Å²) in [6, 6.07) is 10.0. The van der Waals surface area contributed by atoms with Crippen molar-refractivity contribution >= 4 is 12.0 Å². The van der Waals surface area contributed by atoms with Gasteiger partial charge in [-0.15, -0.1) is 0 Å². The van der Waals surface area contributed by atoms with Crippen molar-refractivity contribution in [3.05, 3.63) is 35.9 Å². The highest BCUT2D eigenvalue weighted by Gasteiger charge is 2.37. The lowest BCUT2D eigenvalue weighted by atomic mass is 10.0. The van der Waals surface area contributed by atoms with Gasteiger partial charge in [0.2, 0.25) is 5.91 Å². The molecule has 2 amide bonds. The molecule has 1 atom stereocenters. The minimum atomic E-state index is -0.550. The van der Waals surface area contributed by atoms with Crippen LogP contribution in [-0.2, 0) is 16.1 Å². The molecule has 2 saturated heterocycles. The van der Waals surface area contributed by atoms with Crippen molar-refractivity contribution in [2.45, 2.75) is 58.2 Å². The van der Waals surface area contributed by atoms with Crippen molar-refractivity contribution in [2.24, 2.45) is 0 Å². The number of carbonyl (C=O) groups is 2. The van der Waals surface area contributed by atoms with Crippen LogP contribution in [0.15, 0.2) is 30.3 Å². The molecule has 0 radical (unpaired) electrons. The SMILES string of the molecule is CC(C)(C)OC(=O)N1CCCC[C@H]1C(=O)N1CCN(Cc2ccccc2)CC1. The monoisotopic (exact) mass is 387 g/mol. The summed E-state index contributed by atoms with van der Waals surface area (Å²) in [5.74, 6) is 0.0740. The molecule has 2 aliphatic heterocycles. The Morgan fingerprint density at radius 1 is 1.00 bits per heavy atom. The van der Waals surface area contributed by atoms with E-state index in [1.165, 1.54) is 5.56 Å². The molecule has 0 spiro atoms. The third kappa shape index (κ3) is 5.47. The number of amides is 2. The summed E-state index contributed by atoms with van der Waals surface area (Å²) in [6.07, 6.45) is 2.26. The minimum absolute atomic E-state index is 0.0740. The average molecular weight is 388 g/mol. The lowest BCUT2D eigenvalue weighted by Gasteiger charge is -2.41. The summed E-state index contributed by atoms with van der Waals surface area (Å²) in [4.78, 5) is 31.7. The molecular weight excluding hydrogens is 354 g/mol. The van der Waals surface area contributed by atoms with Crippen molar-refractivity contribution in [3.8, 4) is 0 Å². The van der Waals surface area contributed by atoms with Crippen LogP contribution in [0.1, 0.15) is 45.6 Å². The molecule has 28 heavy (non-hydrogen) atoms. The average Bonchev–Trinajstić information content (AvgIpc) is 2.67. The molecule has 154 valence electrons. The maximum Gasteiger partial charge on any atom is 0.410 e. The van der Waals surface area contributed by atoms with Gasteiger partial charge >= 0.3 is 6.09 Å². The molecule has 0 bridgehead atoms. The molecule has 2 aliphatic rings. The first-order valence-electron chi connectivity index (χ1n) is 10.4. The predicted molar refractivity (Wildman–Crippen MR) is 109 cm³/mol. The Balaban J connectivity index is 1.56. The normalized spacial score (nSPS) is 21.5. The maximum absolute atomic E-state index is 13.2. The van der Waals surface area contributed by atoms with Crippen molar-refractivity contribution in [3.63, 3.8) is 0 Å². The molecule has 2 heterocycles. The Hall–Kier alpha value is -2.08. The van der Waals surface area contributed by atoms with E-state index in [1.807, 2.05) is 31.7 Å². The highest BCUT2D eigenvalue weighted by Crippen LogP contribution is 2.23. The van der Waals surface area contributed by atoms with E-state index in [0.29, 0.717) is 19.6 Å². The zero-order chi connectivity index (χ0) is 20.1. The van der Waals surface area contributed by atoms with Gasteiger partial charge in [0.15, 0.2) is 0 Å². The van der Waals surface area contributed by atoms with Crippen LogP contribution in [0.2, 0.25) is 0 Å². The van der Waals surface area contributed by atoms with Crippen LogP contribution in [0.25, 0.3) is 0 Å². The molecule has 1 aromatic carbocycles. The molecular formula is C22H33N3O3. The van der Waals surface area contributed by atoms with Crippen LogP contribution in [-0.4, -0.2) is 71.1 Å². The van der Waals surface area contributed by atoms with Gasteiger partial charge in [0.1, 0.15) is 11.6 Å². The fourth-order valence-electron chi connectivity index (χ4n) is 3.91. The Bertz CT molecular complexity index is 663. The van der Waals surface area contributed by atoms with Crippen molar-refractivity contribution < 1.29 is 14.3 Å². The fourth-order valence-corrected chi connectivity index (χ4v) is 3.91. The second-order valence-corrected chi connectivity index (χ2v) is 8.77. The first-order valence-corrected chi connectivity index (χ1v) is 10.4. The summed E-state index contributed by atoms with van der Waals surface area (Å²) in [5, 5.41) is 0. The van der Waals surface area contributed by atoms with Crippen molar-refractivity contribution in [1.29, 1.82) is 0 Å². The van der Waals surface area contributed by atoms with E-state index in [9.17, 15) is 9.59 Å². The third-order valence-electron chi connectivity index (χ3n) is 5.35. The number of carbonyl (C=O) groups excluding carboxylic acids is 2. The van der Waals surface area contributed by atoms with E-state index in [-0.39, 0.29) is 18.0 Å². The number of ether oxygens (including phenoxy) is 1. The van der Waals surface area contributed by atoms with Crippen LogP contribution in [0.3, 0.4) is 0 Å². The summed E-state index contributed by atoms with van der Waals surface area (Å²) in [7, 11) is 0. The van der Waals surface area contributed by atoms with Gasteiger partial charge in [0, 0.05) is 39.3 Å². The van der Waals surface area contributed by atoms with E-state index in [1.54, 1.807) is 4.90 Å². The zero-order valence-electron chi connectivity index (χ0n) is 17.4. The van der Waals surface area contributed by atoms with Gasteiger partial charge in [-0.3, -0.25) is 14.6 Å². The maximum atomic E-state index is 13.2. The van der Waals surface area contributed by atoms with Crippen LogP contribution >= 0.6 is 0 Å². The van der Waals surface area contributed by atoms with Crippen molar-refractivity contribution in [2.75, 3.05) is 32.7 Å². The largest absolute Gasteiger partial charge is 0.444 e. The van der Waals surface area contributed by atoms with E-state index in [4.69, 9.17) is 4.74 Å². The number of likely N-dealkylation sites (tertiary alicyclic amines) is 1. The minimum Gasteiger partial charge on any atom is -0.444 e. The lowest BCUT2D eigenvalue weighted by molar-refractivity contribution is -0.140. The number of piperazine rings is 1. The molecule has 2 fully saturated rings. The second-order valence-electron chi connectivity index (χ2n) is 8.77. The molecule has 0 aromatic heterocycles. The molecule has 3 rings (SSSR count). The summed E-state index contributed by atoms with van der Waals surface area (Å²) in [5.41, 5.74) is 0.747. The number of piperidine rings is 1. The second kappa shape index (κ2) is 8.95. The fraction of sp³-hybridized carbons (Fsp3) is 0.636. The van der Waals surface area contributed by atoms with E-state index in [0.717, 1.165) is 38.9 Å². The smallest absolute Gasteiger partial charge is 0.410 e. The van der Waals surface area contributed by atoms with E-state index < -0.39 is 5.60 Å². The van der Waals surface area contributed by atoms with Gasteiger partial charge in [-0.05, 0) is 45.6 Å². The first kappa shape index (κ1) is 20.6. The molecule has 0 saturated carbocycles. The van der Waals surface area contributed by atoms with E-state index >= 15 is 0 Å². The Morgan fingerprint density at radius 3 is 2.32 bits per heavy atom. The number of nitrogens with zero attached hydrogens (tertiary/aromatic N) is 3. The van der Waals surface area contributed by atoms with Crippen LogP contribution in [0.5, 0.6) is 0 Å². The van der Waals surface area contributed by atoms with Crippen LogP contribution in [0.4, 0.5) is 4.79 Å². The first-order chi connectivity index (χ1) is 13.3. The summed E-state index contributed by atoms with van der Waals surface area (Å²) < 4.78 is 5.54.